The maximum atomic E-state index is 13.7. The molecular weight excluding hydrogens is 300 g/mol. The van der Waals surface area contributed by atoms with Gasteiger partial charge in [-0.1, -0.05) is 0 Å². The lowest BCUT2D eigenvalue weighted by Crippen LogP contribution is -2.42. The minimum Gasteiger partial charge on any atom is -0.396 e. The molecule has 2 fully saturated rings. The molecule has 21 heavy (non-hydrogen) atoms. The highest BCUT2D eigenvalue weighted by molar-refractivity contribution is 7.89. The van der Waals surface area contributed by atoms with E-state index in [9.17, 15) is 17.2 Å². The topological polar surface area (TPSA) is 75.4 Å². The van der Waals surface area contributed by atoms with Crippen molar-refractivity contribution in [2.75, 3.05) is 18.8 Å². The van der Waals surface area contributed by atoms with Crippen LogP contribution in [0.15, 0.2) is 17.0 Å². The predicted molar refractivity (Wildman–Crippen MR) is 74.1 cm³/mol. The number of rotatable bonds is 3. The van der Waals surface area contributed by atoms with Crippen molar-refractivity contribution in [1.29, 1.82) is 0 Å². The molecule has 2 atom stereocenters. The van der Waals surface area contributed by atoms with Crippen LogP contribution in [0.4, 0.5) is 14.5 Å². The van der Waals surface area contributed by atoms with Crippen molar-refractivity contribution in [3.8, 4) is 0 Å². The van der Waals surface area contributed by atoms with Crippen molar-refractivity contribution in [2.24, 2.45) is 0 Å². The second-order valence-corrected chi connectivity index (χ2v) is 7.25. The van der Waals surface area contributed by atoms with E-state index in [2.05, 4.69) is 9.62 Å². The highest BCUT2D eigenvalue weighted by Gasteiger charge is 2.39. The Morgan fingerprint density at radius 3 is 2.71 bits per heavy atom. The minimum atomic E-state index is -4.05. The van der Waals surface area contributed by atoms with Crippen LogP contribution in [0.5, 0.6) is 0 Å². The highest BCUT2D eigenvalue weighted by atomic mass is 32.2. The lowest BCUT2D eigenvalue weighted by atomic mass is 10.1. The number of nitrogens with one attached hydrogen (secondary N) is 1. The van der Waals surface area contributed by atoms with Crippen LogP contribution >= 0.6 is 0 Å². The Morgan fingerprint density at radius 1 is 1.19 bits per heavy atom. The summed E-state index contributed by atoms with van der Waals surface area (Å²) in [7, 11) is -4.05. The predicted octanol–water partition coefficient (Wildman–Crippen LogP) is 1.06. The summed E-state index contributed by atoms with van der Waals surface area (Å²) in [5.74, 6) is -2.09. The van der Waals surface area contributed by atoms with Crippen LogP contribution < -0.4 is 10.5 Å². The van der Waals surface area contributed by atoms with Gasteiger partial charge < -0.3 is 5.73 Å². The molecule has 0 aromatic heterocycles. The third kappa shape index (κ3) is 2.63. The number of nitrogens with zero attached hydrogens (tertiary/aromatic N) is 1. The van der Waals surface area contributed by atoms with E-state index >= 15 is 0 Å². The third-order valence-electron chi connectivity index (χ3n) is 4.25. The first-order chi connectivity index (χ1) is 9.88. The average Bonchev–Trinajstić information content (AvgIpc) is 2.98. The molecule has 0 spiro atoms. The van der Waals surface area contributed by atoms with E-state index in [0.717, 1.165) is 32.0 Å². The normalized spacial score (nSPS) is 26.2. The summed E-state index contributed by atoms with van der Waals surface area (Å²) in [5, 5.41) is 0. The fraction of sp³-hybridized carbons (Fsp3) is 0.538. The number of benzene rings is 1. The molecule has 2 aliphatic heterocycles. The molecular formula is C13H17F2N3O2S. The van der Waals surface area contributed by atoms with Crippen molar-refractivity contribution in [2.45, 2.75) is 36.2 Å². The van der Waals surface area contributed by atoms with E-state index in [4.69, 9.17) is 5.73 Å². The number of nitrogen functional groups attached to an aromatic ring is 1. The van der Waals surface area contributed by atoms with Gasteiger partial charge >= 0.3 is 0 Å². The van der Waals surface area contributed by atoms with Gasteiger partial charge in [-0.15, -0.1) is 0 Å². The molecule has 2 heterocycles. The molecule has 0 aliphatic carbocycles. The van der Waals surface area contributed by atoms with Gasteiger partial charge in [0, 0.05) is 24.7 Å². The summed E-state index contributed by atoms with van der Waals surface area (Å²) in [6, 6.07) is 1.26. The van der Waals surface area contributed by atoms with Crippen LogP contribution in [0.25, 0.3) is 0 Å². The molecule has 3 N–H and O–H groups in total. The van der Waals surface area contributed by atoms with Gasteiger partial charge in [-0.05, 0) is 31.9 Å². The molecule has 2 saturated heterocycles. The summed E-state index contributed by atoms with van der Waals surface area (Å²) in [5.41, 5.74) is 4.95. The molecule has 0 amide bonds. The Hall–Kier alpha value is -1.25. The zero-order valence-corrected chi connectivity index (χ0v) is 12.2. The summed E-state index contributed by atoms with van der Waals surface area (Å²) < 4.78 is 54.1. The number of hydrogen-bond donors (Lipinski definition) is 2. The van der Waals surface area contributed by atoms with Crippen LogP contribution in [0, 0.1) is 11.6 Å². The van der Waals surface area contributed by atoms with E-state index in [0.29, 0.717) is 12.5 Å². The third-order valence-corrected chi connectivity index (χ3v) is 5.76. The quantitative estimate of drug-likeness (QED) is 0.818. The van der Waals surface area contributed by atoms with Crippen LogP contribution in [0.2, 0.25) is 0 Å². The Kier molecular flexibility index (Phi) is 3.62. The molecule has 0 radical (unpaired) electrons. The second-order valence-electron chi connectivity index (χ2n) is 5.57. The smallest absolute Gasteiger partial charge is 0.243 e. The summed E-state index contributed by atoms with van der Waals surface area (Å²) in [6.45, 7) is 1.81. The largest absolute Gasteiger partial charge is 0.396 e. The Morgan fingerprint density at radius 2 is 1.95 bits per heavy atom. The molecule has 1 aromatic rings. The first-order valence-electron chi connectivity index (χ1n) is 6.89. The number of hydrogen-bond acceptors (Lipinski definition) is 4. The Labute approximate surface area is 122 Å². The number of fused-ring (bicyclic) bond motifs is 1. The first kappa shape index (κ1) is 14.7. The fourth-order valence-electron chi connectivity index (χ4n) is 3.23. The SMILES string of the molecule is Nc1cc(S(=O)(=O)NC2CCN3CCCC23)c(F)cc1F. The molecule has 0 saturated carbocycles. The maximum absolute atomic E-state index is 13.7. The van der Waals surface area contributed by atoms with Gasteiger partial charge in [-0.25, -0.2) is 21.9 Å². The Bertz CT molecular complexity index is 666. The van der Waals surface area contributed by atoms with Gasteiger partial charge in [0.25, 0.3) is 0 Å². The van der Waals surface area contributed by atoms with Gasteiger partial charge in [0.2, 0.25) is 10.0 Å². The minimum absolute atomic E-state index is 0.167. The zero-order chi connectivity index (χ0) is 15.2. The molecule has 8 heteroatoms. The molecule has 1 aromatic carbocycles. The average molecular weight is 317 g/mol. The van der Waals surface area contributed by atoms with Crippen LogP contribution in [-0.4, -0.2) is 38.5 Å². The second kappa shape index (κ2) is 5.19. The molecule has 5 nitrogen and oxygen atoms in total. The van der Waals surface area contributed by atoms with Crippen LogP contribution in [-0.2, 0) is 10.0 Å². The van der Waals surface area contributed by atoms with E-state index in [1.165, 1.54) is 0 Å². The van der Waals surface area contributed by atoms with Crippen molar-refractivity contribution < 1.29 is 17.2 Å². The van der Waals surface area contributed by atoms with E-state index in [1.54, 1.807) is 0 Å². The van der Waals surface area contributed by atoms with Gasteiger partial charge in [0.15, 0.2) is 0 Å². The number of halogens is 2. The van der Waals surface area contributed by atoms with Crippen molar-refractivity contribution in [1.82, 2.24) is 9.62 Å². The molecule has 0 bridgehead atoms. The fourth-order valence-corrected chi connectivity index (χ4v) is 4.63. The number of anilines is 1. The molecule has 2 aliphatic rings. The van der Waals surface area contributed by atoms with Crippen molar-refractivity contribution in [3.05, 3.63) is 23.8 Å². The van der Waals surface area contributed by atoms with E-state index in [-0.39, 0.29) is 17.8 Å². The van der Waals surface area contributed by atoms with E-state index in [1.807, 2.05) is 0 Å². The summed E-state index contributed by atoms with van der Waals surface area (Å²) in [6.07, 6.45) is 2.67. The van der Waals surface area contributed by atoms with E-state index < -0.39 is 26.6 Å². The molecule has 2 unspecified atom stereocenters. The first-order valence-corrected chi connectivity index (χ1v) is 8.38. The lowest BCUT2D eigenvalue weighted by Gasteiger charge is -2.21. The highest BCUT2D eigenvalue weighted by Crippen LogP contribution is 2.29. The van der Waals surface area contributed by atoms with Gasteiger partial charge in [0.1, 0.15) is 16.5 Å². The lowest BCUT2D eigenvalue weighted by molar-refractivity contribution is 0.308. The Balaban J connectivity index is 1.86. The molecule has 3 rings (SSSR count). The number of nitrogens with two attached hydrogens (primary N) is 1. The summed E-state index contributed by atoms with van der Waals surface area (Å²) in [4.78, 5) is 1.64. The van der Waals surface area contributed by atoms with Gasteiger partial charge in [-0.2, -0.15) is 0 Å². The monoisotopic (exact) mass is 317 g/mol. The van der Waals surface area contributed by atoms with Crippen molar-refractivity contribution >= 4 is 15.7 Å². The summed E-state index contributed by atoms with van der Waals surface area (Å²) >= 11 is 0. The van der Waals surface area contributed by atoms with Crippen LogP contribution in [0.3, 0.4) is 0 Å². The molecule has 116 valence electrons. The number of sulfonamides is 1. The van der Waals surface area contributed by atoms with Gasteiger partial charge in [-0.3, -0.25) is 4.90 Å². The van der Waals surface area contributed by atoms with Crippen LogP contribution in [0.1, 0.15) is 19.3 Å². The van der Waals surface area contributed by atoms with Crippen molar-refractivity contribution in [3.63, 3.8) is 0 Å². The maximum Gasteiger partial charge on any atom is 0.243 e. The standard InChI is InChI=1S/C13H17F2N3O2S/c14-8-6-9(15)13(7-10(8)16)21(19,20)17-11-3-5-18-4-1-2-12(11)18/h6-7,11-12,17H,1-5,16H2. The van der Waals surface area contributed by atoms with Gasteiger partial charge in [0.05, 0.1) is 5.69 Å². The zero-order valence-electron chi connectivity index (χ0n) is 11.4.